The maximum Gasteiger partial charge on any atom is 0.209 e. The van der Waals surface area contributed by atoms with Gasteiger partial charge in [-0.05, 0) is 35.4 Å². The van der Waals surface area contributed by atoms with Crippen molar-refractivity contribution >= 4 is 23.5 Å². The summed E-state index contributed by atoms with van der Waals surface area (Å²) >= 11 is 3.65. The van der Waals surface area contributed by atoms with E-state index in [2.05, 4.69) is 45.9 Å². The van der Waals surface area contributed by atoms with Crippen LogP contribution in [0.25, 0.3) is 0 Å². The van der Waals surface area contributed by atoms with E-state index in [9.17, 15) is 0 Å². The van der Waals surface area contributed by atoms with Crippen LogP contribution >= 0.6 is 23.5 Å². The van der Waals surface area contributed by atoms with Gasteiger partial charge in [0, 0.05) is 16.4 Å². The summed E-state index contributed by atoms with van der Waals surface area (Å²) in [7, 11) is 0. The number of thioether (sulfide) groups is 2. The minimum absolute atomic E-state index is 0.522. The molecule has 4 nitrogen and oxygen atoms in total. The molecule has 1 heterocycles. The van der Waals surface area contributed by atoms with Gasteiger partial charge in [0.15, 0.2) is 0 Å². The summed E-state index contributed by atoms with van der Waals surface area (Å²) in [4.78, 5) is 1.32. The van der Waals surface area contributed by atoms with Crippen LogP contribution in [0.3, 0.4) is 0 Å². The topological polar surface area (TPSA) is 43.6 Å². The molecule has 106 valence electrons. The molecule has 6 heteroatoms. The normalized spacial score (nSPS) is 15.8. The zero-order valence-corrected chi connectivity index (χ0v) is 12.9. The lowest BCUT2D eigenvalue weighted by atomic mass is 10.3. The summed E-state index contributed by atoms with van der Waals surface area (Å²) in [6, 6.07) is 11.0. The fraction of sp³-hybridized carbons (Fsp3) is 0.500. The highest BCUT2D eigenvalue weighted by Crippen LogP contribution is 2.31. The van der Waals surface area contributed by atoms with Crippen molar-refractivity contribution in [1.29, 1.82) is 0 Å². The highest BCUT2D eigenvalue weighted by atomic mass is 32.2. The van der Waals surface area contributed by atoms with Gasteiger partial charge in [0.05, 0.1) is 6.04 Å². The van der Waals surface area contributed by atoms with Gasteiger partial charge in [-0.2, -0.15) is 0 Å². The molecule has 0 bridgehead atoms. The molecule has 1 aromatic carbocycles. The lowest BCUT2D eigenvalue weighted by molar-refractivity contribution is 0.423. The Bertz CT molecular complexity index is 523. The van der Waals surface area contributed by atoms with Crippen LogP contribution in [0.5, 0.6) is 0 Å². The van der Waals surface area contributed by atoms with E-state index in [0.717, 1.165) is 16.7 Å². The zero-order valence-electron chi connectivity index (χ0n) is 11.3. The van der Waals surface area contributed by atoms with Gasteiger partial charge in [0.25, 0.3) is 0 Å². The SMILES string of the molecule is c1ccc(SCCSc2nnnn2C2CCCC2)cc1. The molecule has 0 radical (unpaired) electrons. The minimum Gasteiger partial charge on any atom is -0.217 e. The van der Waals surface area contributed by atoms with Gasteiger partial charge in [-0.15, -0.1) is 16.9 Å². The first kappa shape index (κ1) is 13.9. The molecule has 0 atom stereocenters. The Morgan fingerprint density at radius 1 is 1.05 bits per heavy atom. The van der Waals surface area contributed by atoms with E-state index < -0.39 is 0 Å². The van der Waals surface area contributed by atoms with Gasteiger partial charge < -0.3 is 0 Å². The summed E-state index contributed by atoms with van der Waals surface area (Å²) in [5.41, 5.74) is 0. The van der Waals surface area contributed by atoms with E-state index in [-0.39, 0.29) is 0 Å². The molecule has 1 aliphatic rings. The minimum atomic E-state index is 0.522. The van der Waals surface area contributed by atoms with Crippen LogP contribution in [0, 0.1) is 0 Å². The van der Waals surface area contributed by atoms with Gasteiger partial charge in [0.1, 0.15) is 0 Å². The van der Waals surface area contributed by atoms with Crippen LogP contribution < -0.4 is 0 Å². The standard InChI is InChI=1S/C14H18N4S2/c1-2-8-13(9-3-1)19-10-11-20-14-15-16-17-18(14)12-6-4-5-7-12/h1-3,8-9,12H,4-7,10-11H2. The molecule has 0 unspecified atom stereocenters. The van der Waals surface area contributed by atoms with Crippen LogP contribution in [0.1, 0.15) is 31.7 Å². The van der Waals surface area contributed by atoms with Crippen molar-refractivity contribution in [2.75, 3.05) is 11.5 Å². The fourth-order valence-corrected chi connectivity index (χ4v) is 4.31. The highest BCUT2D eigenvalue weighted by molar-refractivity contribution is 8.02. The largest absolute Gasteiger partial charge is 0.217 e. The quantitative estimate of drug-likeness (QED) is 0.602. The molecule has 20 heavy (non-hydrogen) atoms. The molecule has 1 fully saturated rings. The molecule has 0 saturated heterocycles. The highest BCUT2D eigenvalue weighted by Gasteiger charge is 2.21. The van der Waals surface area contributed by atoms with Gasteiger partial charge in [0.2, 0.25) is 5.16 Å². The van der Waals surface area contributed by atoms with Crippen molar-refractivity contribution in [1.82, 2.24) is 20.2 Å². The second-order valence-electron chi connectivity index (χ2n) is 4.85. The summed E-state index contributed by atoms with van der Waals surface area (Å²) in [6.45, 7) is 0. The predicted molar refractivity (Wildman–Crippen MR) is 83.2 cm³/mol. The van der Waals surface area contributed by atoms with Gasteiger partial charge >= 0.3 is 0 Å². The third-order valence-electron chi connectivity index (χ3n) is 3.46. The van der Waals surface area contributed by atoms with E-state index in [4.69, 9.17) is 0 Å². The molecule has 3 rings (SSSR count). The molecule has 2 aromatic rings. The van der Waals surface area contributed by atoms with Crippen LogP contribution in [0.15, 0.2) is 40.4 Å². The van der Waals surface area contributed by atoms with Crippen molar-refractivity contribution in [3.05, 3.63) is 30.3 Å². The Morgan fingerprint density at radius 2 is 1.80 bits per heavy atom. The van der Waals surface area contributed by atoms with Crippen molar-refractivity contribution in [2.24, 2.45) is 0 Å². The number of hydrogen-bond acceptors (Lipinski definition) is 5. The Balaban J connectivity index is 1.48. The first-order valence-corrected chi connectivity index (χ1v) is 8.99. The fourth-order valence-electron chi connectivity index (χ4n) is 2.47. The van der Waals surface area contributed by atoms with Gasteiger partial charge in [-0.1, -0.05) is 42.8 Å². The molecule has 1 saturated carbocycles. The van der Waals surface area contributed by atoms with Crippen LogP contribution in [0.2, 0.25) is 0 Å². The number of nitrogens with zero attached hydrogens (tertiary/aromatic N) is 4. The second-order valence-corrected chi connectivity index (χ2v) is 7.08. The average molecular weight is 306 g/mol. The van der Waals surface area contributed by atoms with Crippen molar-refractivity contribution in [3.63, 3.8) is 0 Å². The van der Waals surface area contributed by atoms with E-state index in [0.29, 0.717) is 6.04 Å². The predicted octanol–water partition coefficient (Wildman–Crippen LogP) is 3.67. The molecule has 1 aliphatic carbocycles. The van der Waals surface area contributed by atoms with Gasteiger partial charge in [-0.25, -0.2) is 4.68 Å². The number of hydrogen-bond donors (Lipinski definition) is 0. The third kappa shape index (κ3) is 3.55. The Kier molecular flexibility index (Phi) is 4.97. The third-order valence-corrected chi connectivity index (χ3v) is 5.67. The first-order chi connectivity index (χ1) is 9.93. The van der Waals surface area contributed by atoms with E-state index >= 15 is 0 Å². The Hall–Kier alpha value is -1.01. The first-order valence-electron chi connectivity index (χ1n) is 7.02. The Labute approximate surface area is 127 Å². The summed E-state index contributed by atoms with van der Waals surface area (Å²) in [5.74, 6) is 2.11. The number of tetrazole rings is 1. The molecule has 0 spiro atoms. The summed E-state index contributed by atoms with van der Waals surface area (Å²) in [5, 5.41) is 13.1. The summed E-state index contributed by atoms with van der Waals surface area (Å²) in [6.07, 6.45) is 5.05. The molecular formula is C14H18N4S2. The summed E-state index contributed by atoms with van der Waals surface area (Å²) < 4.78 is 2.03. The lowest BCUT2D eigenvalue weighted by Gasteiger charge is -2.10. The molecule has 0 aliphatic heterocycles. The van der Waals surface area contributed by atoms with E-state index in [1.54, 1.807) is 11.8 Å². The molecule has 0 N–H and O–H groups in total. The van der Waals surface area contributed by atoms with Crippen LogP contribution in [-0.2, 0) is 0 Å². The number of benzene rings is 1. The van der Waals surface area contributed by atoms with Crippen molar-refractivity contribution in [2.45, 2.75) is 41.8 Å². The lowest BCUT2D eigenvalue weighted by Crippen LogP contribution is -2.08. The molecule has 0 amide bonds. The second kappa shape index (κ2) is 7.13. The monoisotopic (exact) mass is 306 g/mol. The molecule has 1 aromatic heterocycles. The van der Waals surface area contributed by atoms with Gasteiger partial charge in [-0.3, -0.25) is 0 Å². The average Bonchev–Trinajstić information content (AvgIpc) is 3.15. The maximum absolute atomic E-state index is 4.16. The van der Waals surface area contributed by atoms with Crippen molar-refractivity contribution in [3.8, 4) is 0 Å². The van der Waals surface area contributed by atoms with E-state index in [1.807, 2.05) is 16.4 Å². The van der Waals surface area contributed by atoms with Crippen LogP contribution in [-0.4, -0.2) is 31.7 Å². The Morgan fingerprint density at radius 3 is 2.60 bits per heavy atom. The maximum atomic E-state index is 4.16. The van der Waals surface area contributed by atoms with Crippen LogP contribution in [0.4, 0.5) is 0 Å². The number of aromatic nitrogens is 4. The van der Waals surface area contributed by atoms with Crippen molar-refractivity contribution < 1.29 is 0 Å². The smallest absolute Gasteiger partial charge is 0.209 e. The molecular weight excluding hydrogens is 288 g/mol. The number of rotatable bonds is 6. The van der Waals surface area contributed by atoms with E-state index in [1.165, 1.54) is 30.6 Å². The zero-order chi connectivity index (χ0) is 13.6.